The largest absolute Gasteiger partial charge is 0.497 e. The number of amides is 1. The van der Waals surface area contributed by atoms with Crippen molar-refractivity contribution in [1.82, 2.24) is 0 Å². The SMILES string of the molecule is COC(=O)C1=C(C(=O)OC)SC(=C2C(=S)C(C)(C)N(C(=O)[C@H]3CCCO3)c3ccc(OC)cc32)S1. The molecule has 1 saturated heterocycles. The van der Waals surface area contributed by atoms with Crippen LogP contribution in [0.5, 0.6) is 5.75 Å². The molecule has 0 aliphatic carbocycles. The van der Waals surface area contributed by atoms with Crippen LogP contribution in [-0.2, 0) is 28.6 Å². The monoisotopic (exact) mass is 535 g/mol. The molecule has 0 saturated carbocycles. The van der Waals surface area contributed by atoms with Crippen LogP contribution in [0.1, 0.15) is 32.3 Å². The number of rotatable bonds is 4. The van der Waals surface area contributed by atoms with Crippen LogP contribution >= 0.6 is 35.7 Å². The van der Waals surface area contributed by atoms with Gasteiger partial charge in [-0.15, -0.1) is 0 Å². The van der Waals surface area contributed by atoms with Gasteiger partial charge in [0.25, 0.3) is 5.91 Å². The fraction of sp³-hybridized carbons (Fsp3) is 0.417. The van der Waals surface area contributed by atoms with Crippen molar-refractivity contribution >= 4 is 69.7 Å². The van der Waals surface area contributed by atoms with E-state index in [4.69, 9.17) is 31.2 Å². The highest BCUT2D eigenvalue weighted by Crippen LogP contribution is 2.56. The molecule has 8 nitrogen and oxygen atoms in total. The molecule has 1 aromatic rings. The number of ether oxygens (including phenoxy) is 4. The predicted octanol–water partition coefficient (Wildman–Crippen LogP) is 4.08. The maximum Gasteiger partial charge on any atom is 0.346 e. The van der Waals surface area contributed by atoms with E-state index in [9.17, 15) is 14.4 Å². The van der Waals surface area contributed by atoms with Gasteiger partial charge < -0.3 is 18.9 Å². The summed E-state index contributed by atoms with van der Waals surface area (Å²) in [7, 11) is 4.06. The van der Waals surface area contributed by atoms with Crippen molar-refractivity contribution in [2.45, 2.75) is 38.3 Å². The molecule has 3 aliphatic rings. The Morgan fingerprint density at radius 2 is 1.71 bits per heavy atom. The van der Waals surface area contributed by atoms with Crippen molar-refractivity contribution in [2.24, 2.45) is 0 Å². The maximum atomic E-state index is 13.6. The van der Waals surface area contributed by atoms with Gasteiger partial charge in [-0.2, -0.15) is 0 Å². The zero-order valence-corrected chi connectivity index (χ0v) is 22.4. The minimum Gasteiger partial charge on any atom is -0.497 e. The summed E-state index contributed by atoms with van der Waals surface area (Å²) in [6.07, 6.45) is 0.943. The van der Waals surface area contributed by atoms with Gasteiger partial charge in [0.15, 0.2) is 0 Å². The fourth-order valence-electron chi connectivity index (χ4n) is 4.24. The van der Waals surface area contributed by atoms with Gasteiger partial charge in [-0.3, -0.25) is 9.69 Å². The second kappa shape index (κ2) is 9.96. The van der Waals surface area contributed by atoms with Gasteiger partial charge in [-0.05, 0) is 44.9 Å². The Bertz CT molecular complexity index is 1150. The highest BCUT2D eigenvalue weighted by Gasteiger charge is 2.48. The Balaban J connectivity index is 1.90. The number of hydrogen-bond acceptors (Lipinski definition) is 10. The second-order valence-corrected chi connectivity index (χ2v) is 11.2. The first-order valence-corrected chi connectivity index (χ1v) is 12.9. The minimum absolute atomic E-state index is 0.134. The first-order chi connectivity index (χ1) is 16.6. The summed E-state index contributed by atoms with van der Waals surface area (Å²) in [5, 5.41) is 0. The Hall–Kier alpha value is -2.34. The molecule has 35 heavy (non-hydrogen) atoms. The molecule has 1 amide bonds. The molecule has 0 unspecified atom stereocenters. The van der Waals surface area contributed by atoms with Crippen molar-refractivity contribution < 1.29 is 33.3 Å². The van der Waals surface area contributed by atoms with Crippen LogP contribution < -0.4 is 9.64 Å². The highest BCUT2D eigenvalue weighted by atomic mass is 32.2. The fourth-order valence-corrected chi connectivity index (χ4v) is 7.27. The van der Waals surface area contributed by atoms with Crippen LogP contribution in [0, 0.1) is 0 Å². The number of thiocarbonyl (C=S) groups is 1. The molecule has 0 N–H and O–H groups in total. The highest BCUT2D eigenvalue weighted by molar-refractivity contribution is 8.29. The summed E-state index contributed by atoms with van der Waals surface area (Å²) in [5.41, 5.74) is 1.10. The van der Waals surface area contributed by atoms with Crippen LogP contribution in [0.25, 0.3) is 5.57 Å². The molecule has 1 fully saturated rings. The lowest BCUT2D eigenvalue weighted by molar-refractivity contribution is -0.138. The second-order valence-electron chi connectivity index (χ2n) is 8.45. The molecule has 3 heterocycles. The molecular formula is C24H25NO7S3. The molecule has 186 valence electrons. The molecule has 1 aromatic carbocycles. The molecule has 11 heteroatoms. The van der Waals surface area contributed by atoms with Crippen LogP contribution in [0.2, 0.25) is 0 Å². The molecule has 0 spiro atoms. The van der Waals surface area contributed by atoms with Gasteiger partial charge in [0.2, 0.25) is 0 Å². The zero-order valence-electron chi connectivity index (χ0n) is 20.0. The smallest absolute Gasteiger partial charge is 0.346 e. The number of nitrogens with zero attached hydrogens (tertiary/aromatic N) is 1. The van der Waals surface area contributed by atoms with E-state index in [1.165, 1.54) is 14.2 Å². The first kappa shape index (κ1) is 25.7. The number of hydrogen-bond donors (Lipinski definition) is 0. The summed E-state index contributed by atoms with van der Waals surface area (Å²) in [6.45, 7) is 4.32. The van der Waals surface area contributed by atoms with Crippen LogP contribution in [-0.4, -0.2) is 62.3 Å². The average molecular weight is 536 g/mol. The van der Waals surface area contributed by atoms with E-state index < -0.39 is 23.6 Å². The van der Waals surface area contributed by atoms with E-state index in [-0.39, 0.29) is 15.7 Å². The van der Waals surface area contributed by atoms with Crippen LogP contribution in [0.4, 0.5) is 5.69 Å². The number of fused-ring (bicyclic) bond motifs is 1. The Morgan fingerprint density at radius 1 is 1.09 bits per heavy atom. The summed E-state index contributed by atoms with van der Waals surface area (Å²) in [4.78, 5) is 41.0. The summed E-state index contributed by atoms with van der Waals surface area (Å²) in [6, 6.07) is 5.42. The summed E-state index contributed by atoms with van der Waals surface area (Å²) >= 11 is 8.20. The van der Waals surface area contributed by atoms with E-state index >= 15 is 0 Å². The van der Waals surface area contributed by atoms with Gasteiger partial charge in [-0.1, -0.05) is 35.7 Å². The Labute approximate surface area is 217 Å². The third-order valence-corrected chi connectivity index (χ3v) is 9.28. The van der Waals surface area contributed by atoms with Crippen LogP contribution in [0.3, 0.4) is 0 Å². The maximum absolute atomic E-state index is 13.6. The predicted molar refractivity (Wildman–Crippen MR) is 139 cm³/mol. The number of thioether (sulfide) groups is 2. The van der Waals surface area contributed by atoms with Crippen molar-refractivity contribution in [3.63, 3.8) is 0 Å². The molecular weight excluding hydrogens is 510 g/mol. The van der Waals surface area contributed by atoms with Crippen LogP contribution in [0.15, 0.2) is 32.2 Å². The van der Waals surface area contributed by atoms with E-state index in [2.05, 4.69) is 0 Å². The summed E-state index contributed by atoms with van der Waals surface area (Å²) < 4.78 is 21.6. The van der Waals surface area contributed by atoms with E-state index in [0.29, 0.717) is 44.7 Å². The van der Waals surface area contributed by atoms with E-state index in [1.54, 1.807) is 18.1 Å². The number of esters is 2. The van der Waals surface area contributed by atoms with Crippen molar-refractivity contribution in [3.05, 3.63) is 37.8 Å². The number of anilines is 1. The van der Waals surface area contributed by atoms with E-state index in [1.807, 2.05) is 26.0 Å². The van der Waals surface area contributed by atoms with Gasteiger partial charge >= 0.3 is 11.9 Å². The molecule has 0 bridgehead atoms. The van der Waals surface area contributed by atoms with Crippen molar-refractivity contribution in [1.29, 1.82) is 0 Å². The minimum atomic E-state index is -0.886. The molecule has 4 rings (SSSR count). The lowest BCUT2D eigenvalue weighted by Crippen LogP contribution is -2.58. The van der Waals surface area contributed by atoms with Gasteiger partial charge in [-0.25, -0.2) is 9.59 Å². The van der Waals surface area contributed by atoms with Crippen molar-refractivity contribution in [3.8, 4) is 5.75 Å². The summed E-state index contributed by atoms with van der Waals surface area (Å²) in [5.74, 6) is -0.849. The third kappa shape index (κ3) is 4.39. The standard InChI is InChI=1S/C24H25NO7S3/c1-24(2)19(33)16(23-34-17(21(27)30-4)18(35-23)22(28)31-5)13-11-12(29-3)8-9-14(13)25(24)20(26)15-7-6-10-32-15/h8-9,11,15H,6-7,10H2,1-5H3/t15-/m1/s1. The number of benzene rings is 1. The molecule has 0 radical (unpaired) electrons. The molecule has 1 atom stereocenters. The Kier molecular flexibility index (Phi) is 7.33. The normalized spacial score (nSPS) is 21.2. The third-order valence-electron chi connectivity index (χ3n) is 6.02. The zero-order chi connectivity index (χ0) is 25.5. The number of methoxy groups -OCH3 is 3. The molecule has 0 aromatic heterocycles. The number of carbonyl (C=O) groups is 3. The lowest BCUT2D eigenvalue weighted by Gasteiger charge is -2.46. The Morgan fingerprint density at radius 3 is 2.23 bits per heavy atom. The average Bonchev–Trinajstić information content (AvgIpc) is 3.54. The lowest BCUT2D eigenvalue weighted by atomic mass is 9.82. The molecule has 3 aliphatic heterocycles. The first-order valence-electron chi connectivity index (χ1n) is 10.9. The quantitative estimate of drug-likeness (QED) is 0.319. The van der Waals surface area contributed by atoms with Gasteiger partial charge in [0.1, 0.15) is 21.7 Å². The van der Waals surface area contributed by atoms with Crippen molar-refractivity contribution in [2.75, 3.05) is 32.8 Å². The van der Waals surface area contributed by atoms with Gasteiger partial charge in [0, 0.05) is 17.7 Å². The van der Waals surface area contributed by atoms with Gasteiger partial charge in [0.05, 0.1) is 41.7 Å². The number of carbonyl (C=O) groups excluding carboxylic acids is 3. The van der Waals surface area contributed by atoms with E-state index in [0.717, 1.165) is 29.9 Å². The topological polar surface area (TPSA) is 91.4 Å².